The summed E-state index contributed by atoms with van der Waals surface area (Å²) in [4.78, 5) is 0. The summed E-state index contributed by atoms with van der Waals surface area (Å²) in [5.74, 6) is 0.405. The van der Waals surface area contributed by atoms with Gasteiger partial charge in [-0.15, -0.1) is 0 Å². The van der Waals surface area contributed by atoms with Crippen LogP contribution < -0.4 is 0 Å². The number of nitrogens with one attached hydrogen (secondary N) is 1. The van der Waals surface area contributed by atoms with E-state index in [1.807, 2.05) is 18.2 Å². The van der Waals surface area contributed by atoms with Crippen molar-refractivity contribution >= 4 is 23.2 Å². The predicted molar refractivity (Wildman–Crippen MR) is 99.5 cm³/mol. The highest BCUT2D eigenvalue weighted by Gasteiger charge is 2.18. The first kappa shape index (κ1) is 15.3. The van der Waals surface area contributed by atoms with Gasteiger partial charge in [0.25, 0.3) is 0 Å². The minimum absolute atomic E-state index is 0.405. The minimum Gasteiger partial charge on any atom is -0.339 e. The summed E-state index contributed by atoms with van der Waals surface area (Å²) in [6, 6.07) is 16.7. The van der Waals surface area contributed by atoms with Crippen molar-refractivity contribution in [1.29, 1.82) is 5.41 Å². The molecule has 0 aliphatic heterocycles. The van der Waals surface area contributed by atoms with Gasteiger partial charge in [0.2, 0.25) is 0 Å². The van der Waals surface area contributed by atoms with Crippen molar-refractivity contribution in [2.45, 2.75) is 26.3 Å². The maximum absolute atomic E-state index is 7.55. The van der Waals surface area contributed by atoms with Crippen LogP contribution in [0.2, 0.25) is 0 Å². The van der Waals surface area contributed by atoms with Gasteiger partial charge in [0.15, 0.2) is 0 Å². The summed E-state index contributed by atoms with van der Waals surface area (Å²) >= 11 is 0. The molecular weight excluding hydrogens is 280 g/mol. The average molecular weight is 302 g/mol. The van der Waals surface area contributed by atoms with Crippen LogP contribution in [0, 0.1) is 5.41 Å². The first-order valence-electron chi connectivity index (χ1n) is 7.98. The standard InChI is InChI=1S/C21H22N2/c1-4-18-19-11-10-17(13-22)12-20(19)23(21(18)15(2)3)14-16-8-6-5-7-9-16/h4-13,15,22H,1,14H2,2-3H3. The van der Waals surface area contributed by atoms with Gasteiger partial charge in [0.1, 0.15) is 0 Å². The fourth-order valence-corrected chi connectivity index (χ4v) is 3.28. The van der Waals surface area contributed by atoms with Gasteiger partial charge in [-0.3, -0.25) is 0 Å². The molecule has 1 N–H and O–H groups in total. The quantitative estimate of drug-likeness (QED) is 0.607. The van der Waals surface area contributed by atoms with Crippen molar-refractivity contribution in [3.63, 3.8) is 0 Å². The van der Waals surface area contributed by atoms with Crippen molar-refractivity contribution in [3.8, 4) is 0 Å². The summed E-state index contributed by atoms with van der Waals surface area (Å²) in [6.45, 7) is 9.31. The summed E-state index contributed by atoms with van der Waals surface area (Å²) in [5.41, 5.74) is 5.90. The molecule has 23 heavy (non-hydrogen) atoms. The van der Waals surface area contributed by atoms with Crippen LogP contribution in [0.5, 0.6) is 0 Å². The molecule has 0 radical (unpaired) electrons. The van der Waals surface area contributed by atoms with Gasteiger partial charge in [-0.05, 0) is 23.1 Å². The monoisotopic (exact) mass is 302 g/mol. The van der Waals surface area contributed by atoms with E-state index in [2.05, 4.69) is 61.4 Å². The minimum atomic E-state index is 0.405. The number of fused-ring (bicyclic) bond motifs is 1. The zero-order valence-corrected chi connectivity index (χ0v) is 13.7. The molecule has 3 aromatic rings. The van der Waals surface area contributed by atoms with Crippen LogP contribution in [0.25, 0.3) is 17.0 Å². The van der Waals surface area contributed by atoms with Crippen molar-refractivity contribution in [1.82, 2.24) is 4.57 Å². The van der Waals surface area contributed by atoms with Crippen molar-refractivity contribution < 1.29 is 0 Å². The largest absolute Gasteiger partial charge is 0.339 e. The van der Waals surface area contributed by atoms with Crippen LogP contribution in [0.15, 0.2) is 55.1 Å². The smallest absolute Gasteiger partial charge is 0.0498 e. The maximum Gasteiger partial charge on any atom is 0.0498 e. The van der Waals surface area contributed by atoms with Gasteiger partial charge in [-0.25, -0.2) is 0 Å². The second kappa shape index (κ2) is 6.25. The second-order valence-electron chi connectivity index (χ2n) is 6.15. The normalized spacial score (nSPS) is 11.1. The summed E-state index contributed by atoms with van der Waals surface area (Å²) in [6.07, 6.45) is 3.37. The Labute approximate surface area is 137 Å². The van der Waals surface area contributed by atoms with E-state index in [-0.39, 0.29) is 0 Å². The lowest BCUT2D eigenvalue weighted by Gasteiger charge is -2.15. The molecular formula is C21H22N2. The molecule has 0 aliphatic rings. The summed E-state index contributed by atoms with van der Waals surface area (Å²) in [5, 5.41) is 8.76. The van der Waals surface area contributed by atoms with Crippen LogP contribution in [-0.4, -0.2) is 10.8 Å². The third-order valence-corrected chi connectivity index (χ3v) is 4.27. The fraction of sp³-hybridized carbons (Fsp3) is 0.190. The van der Waals surface area contributed by atoms with E-state index in [1.165, 1.54) is 33.9 Å². The Bertz CT molecular complexity index is 854. The van der Waals surface area contributed by atoms with Crippen molar-refractivity contribution in [2.75, 3.05) is 0 Å². The van der Waals surface area contributed by atoms with Gasteiger partial charge in [-0.2, -0.15) is 0 Å². The molecule has 0 fully saturated rings. The maximum atomic E-state index is 7.55. The SMILES string of the molecule is C=Cc1c(C(C)C)n(Cc2ccccc2)c2cc(C=N)ccc12. The molecule has 2 heteroatoms. The van der Waals surface area contributed by atoms with Crippen molar-refractivity contribution in [2.24, 2.45) is 0 Å². The molecule has 0 amide bonds. The molecule has 1 heterocycles. The Hall–Kier alpha value is -2.61. The van der Waals surface area contributed by atoms with E-state index in [9.17, 15) is 0 Å². The number of nitrogens with zero attached hydrogens (tertiary/aromatic N) is 1. The van der Waals surface area contributed by atoms with Gasteiger partial charge in [0.05, 0.1) is 0 Å². The molecule has 3 rings (SSSR count). The van der Waals surface area contributed by atoms with Crippen molar-refractivity contribution in [3.05, 3.63) is 77.5 Å². The Balaban J connectivity index is 2.29. The van der Waals surface area contributed by atoms with Crippen LogP contribution in [0.1, 0.15) is 42.1 Å². The third-order valence-electron chi connectivity index (χ3n) is 4.27. The van der Waals surface area contributed by atoms with Gasteiger partial charge < -0.3 is 9.98 Å². The number of hydrogen-bond acceptors (Lipinski definition) is 1. The van der Waals surface area contributed by atoms with Crippen LogP contribution >= 0.6 is 0 Å². The lowest BCUT2D eigenvalue weighted by Crippen LogP contribution is -2.06. The predicted octanol–water partition coefficient (Wildman–Crippen LogP) is 5.45. The van der Waals surface area contributed by atoms with Crippen LogP contribution in [0.3, 0.4) is 0 Å². The Morgan fingerprint density at radius 2 is 1.87 bits per heavy atom. The number of rotatable bonds is 5. The first-order valence-corrected chi connectivity index (χ1v) is 7.98. The zero-order valence-electron chi connectivity index (χ0n) is 13.7. The molecule has 0 spiro atoms. The van der Waals surface area contributed by atoms with Gasteiger partial charge >= 0.3 is 0 Å². The molecule has 0 atom stereocenters. The molecule has 0 unspecified atom stereocenters. The highest BCUT2D eigenvalue weighted by molar-refractivity contribution is 5.95. The molecule has 0 saturated heterocycles. The topological polar surface area (TPSA) is 28.8 Å². The zero-order chi connectivity index (χ0) is 16.4. The van der Waals surface area contributed by atoms with Gasteiger partial charge in [0, 0.05) is 34.9 Å². The first-order chi connectivity index (χ1) is 11.2. The average Bonchev–Trinajstić information content (AvgIpc) is 2.88. The lowest BCUT2D eigenvalue weighted by atomic mass is 10.0. The number of hydrogen-bond donors (Lipinski definition) is 1. The Morgan fingerprint density at radius 3 is 2.48 bits per heavy atom. The van der Waals surface area contributed by atoms with E-state index in [0.717, 1.165) is 12.1 Å². The molecule has 1 aromatic heterocycles. The van der Waals surface area contributed by atoms with E-state index < -0.39 is 0 Å². The van der Waals surface area contributed by atoms with Crippen LogP contribution in [0.4, 0.5) is 0 Å². The summed E-state index contributed by atoms with van der Waals surface area (Å²) < 4.78 is 2.37. The molecule has 0 saturated carbocycles. The highest BCUT2D eigenvalue weighted by atomic mass is 15.0. The van der Waals surface area contributed by atoms with Crippen LogP contribution in [-0.2, 0) is 6.54 Å². The van der Waals surface area contributed by atoms with Gasteiger partial charge in [-0.1, -0.05) is 69.0 Å². The highest BCUT2D eigenvalue weighted by Crippen LogP contribution is 2.33. The summed E-state index contributed by atoms with van der Waals surface area (Å²) in [7, 11) is 0. The molecule has 2 nitrogen and oxygen atoms in total. The molecule has 0 aliphatic carbocycles. The Morgan fingerprint density at radius 1 is 1.13 bits per heavy atom. The van der Waals surface area contributed by atoms with E-state index in [1.54, 1.807) is 0 Å². The van der Waals surface area contributed by atoms with E-state index >= 15 is 0 Å². The Kier molecular flexibility index (Phi) is 4.16. The van der Waals surface area contributed by atoms with E-state index in [0.29, 0.717) is 5.92 Å². The second-order valence-corrected chi connectivity index (χ2v) is 6.15. The molecule has 2 aromatic carbocycles. The number of benzene rings is 2. The third kappa shape index (κ3) is 2.72. The molecule has 0 bridgehead atoms. The number of aromatic nitrogens is 1. The molecule has 116 valence electrons. The fourth-order valence-electron chi connectivity index (χ4n) is 3.28. The lowest BCUT2D eigenvalue weighted by molar-refractivity contribution is 0.708. The van der Waals surface area contributed by atoms with E-state index in [4.69, 9.17) is 5.41 Å².